The number of ether oxygens (including phenoxy) is 3. The molecule has 1 aliphatic heterocycles. The molecule has 2 heterocycles. The van der Waals surface area contributed by atoms with Gasteiger partial charge in [0.1, 0.15) is 11.5 Å². The smallest absolute Gasteiger partial charge is 0.259 e. The van der Waals surface area contributed by atoms with Gasteiger partial charge in [0, 0.05) is 23.5 Å². The maximum atomic E-state index is 13.3. The van der Waals surface area contributed by atoms with Crippen LogP contribution in [0.4, 0.5) is 11.6 Å². The number of hydrogen-bond donors (Lipinski definition) is 0. The lowest BCUT2D eigenvalue weighted by molar-refractivity contribution is 0.200. The van der Waals surface area contributed by atoms with Crippen molar-refractivity contribution in [3.05, 3.63) is 100.0 Å². The molecule has 0 atom stereocenters. The number of fused-ring (bicyclic) bond motifs is 1. The van der Waals surface area contributed by atoms with Gasteiger partial charge in [-0.25, -0.2) is 4.98 Å². The summed E-state index contributed by atoms with van der Waals surface area (Å²) in [6.45, 7) is 5.54. The molecule has 5 rings (SSSR count). The number of aromatic nitrogens is 2. The Balaban J connectivity index is 1.40. The molecule has 196 valence electrons. The Kier molecular flexibility index (Phi) is 7.33. The van der Waals surface area contributed by atoms with Crippen molar-refractivity contribution in [1.29, 1.82) is 0 Å². The molecule has 0 unspecified atom stereocenters. The second kappa shape index (κ2) is 11.0. The number of anilines is 2. The summed E-state index contributed by atoms with van der Waals surface area (Å²) in [5.41, 5.74) is 3.46. The Morgan fingerprint density at radius 1 is 0.842 bits per heavy atom. The molecule has 0 saturated heterocycles. The van der Waals surface area contributed by atoms with E-state index < -0.39 is 0 Å². The first kappa shape index (κ1) is 25.4. The maximum absolute atomic E-state index is 13.3. The van der Waals surface area contributed by atoms with Crippen molar-refractivity contribution in [2.24, 2.45) is 0 Å². The quantitative estimate of drug-likeness (QED) is 0.318. The Morgan fingerprint density at radius 2 is 1.55 bits per heavy atom. The molecule has 0 spiro atoms. The van der Waals surface area contributed by atoms with E-state index in [9.17, 15) is 4.79 Å². The standard InChI is InChI=1S/C30H32N4O4/c1-21-22(2)31-30-33(24-11-13-26(14-12-24)38-25-8-6-5-7-9-25)19-32(20-34(30)29(21)35)17-16-23-10-15-27(36-3)28(18-23)37-4/h5-15,18H,16-17,19-20H2,1-4H3. The van der Waals surface area contributed by atoms with Gasteiger partial charge in [0.15, 0.2) is 11.5 Å². The van der Waals surface area contributed by atoms with E-state index in [0.29, 0.717) is 36.3 Å². The Labute approximate surface area is 222 Å². The fourth-order valence-electron chi connectivity index (χ4n) is 4.56. The van der Waals surface area contributed by atoms with Crippen molar-refractivity contribution in [3.63, 3.8) is 0 Å². The highest BCUT2D eigenvalue weighted by atomic mass is 16.5. The third-order valence-corrected chi connectivity index (χ3v) is 6.83. The predicted octanol–water partition coefficient (Wildman–Crippen LogP) is 5.28. The average Bonchev–Trinajstić information content (AvgIpc) is 2.95. The maximum Gasteiger partial charge on any atom is 0.259 e. The summed E-state index contributed by atoms with van der Waals surface area (Å²) in [5.74, 6) is 3.59. The molecular weight excluding hydrogens is 480 g/mol. The first-order valence-corrected chi connectivity index (χ1v) is 12.6. The molecule has 8 heteroatoms. The van der Waals surface area contributed by atoms with Gasteiger partial charge in [-0.3, -0.25) is 19.2 Å². The van der Waals surface area contributed by atoms with Gasteiger partial charge < -0.3 is 14.2 Å². The molecule has 3 aromatic carbocycles. The third kappa shape index (κ3) is 5.21. The zero-order chi connectivity index (χ0) is 26.6. The fourth-order valence-corrected chi connectivity index (χ4v) is 4.56. The van der Waals surface area contributed by atoms with Crippen LogP contribution in [0.5, 0.6) is 23.0 Å². The first-order valence-electron chi connectivity index (χ1n) is 12.6. The van der Waals surface area contributed by atoms with Gasteiger partial charge in [0.05, 0.1) is 27.6 Å². The Bertz CT molecular complexity index is 1470. The van der Waals surface area contributed by atoms with Gasteiger partial charge in [-0.2, -0.15) is 0 Å². The summed E-state index contributed by atoms with van der Waals surface area (Å²) in [7, 11) is 3.27. The number of aryl methyl sites for hydroxylation is 1. The predicted molar refractivity (Wildman–Crippen MR) is 148 cm³/mol. The highest BCUT2D eigenvalue weighted by Gasteiger charge is 2.27. The largest absolute Gasteiger partial charge is 0.493 e. The molecule has 1 aromatic heterocycles. The van der Waals surface area contributed by atoms with E-state index >= 15 is 0 Å². The number of para-hydroxylation sites is 1. The van der Waals surface area contributed by atoms with E-state index in [1.165, 1.54) is 0 Å². The molecule has 38 heavy (non-hydrogen) atoms. The van der Waals surface area contributed by atoms with Crippen LogP contribution in [0.15, 0.2) is 77.6 Å². The summed E-state index contributed by atoms with van der Waals surface area (Å²) >= 11 is 0. The minimum atomic E-state index is -0.0163. The number of rotatable bonds is 8. The molecule has 0 bridgehead atoms. The summed E-state index contributed by atoms with van der Waals surface area (Å²) in [4.78, 5) is 22.4. The molecular formula is C30H32N4O4. The third-order valence-electron chi connectivity index (χ3n) is 6.83. The number of methoxy groups -OCH3 is 2. The van der Waals surface area contributed by atoms with Crippen molar-refractivity contribution in [2.45, 2.75) is 26.9 Å². The topological polar surface area (TPSA) is 69.1 Å². The van der Waals surface area contributed by atoms with Crippen LogP contribution in [-0.2, 0) is 13.1 Å². The van der Waals surface area contributed by atoms with Crippen LogP contribution >= 0.6 is 0 Å². The van der Waals surface area contributed by atoms with Crippen LogP contribution in [0, 0.1) is 13.8 Å². The monoisotopic (exact) mass is 512 g/mol. The van der Waals surface area contributed by atoms with Gasteiger partial charge in [-0.05, 0) is 74.4 Å². The molecule has 0 N–H and O–H groups in total. The van der Waals surface area contributed by atoms with Gasteiger partial charge in [0.25, 0.3) is 5.56 Å². The van der Waals surface area contributed by atoms with Crippen LogP contribution in [0.3, 0.4) is 0 Å². The van der Waals surface area contributed by atoms with Gasteiger partial charge in [-0.1, -0.05) is 24.3 Å². The van der Waals surface area contributed by atoms with Crippen LogP contribution < -0.4 is 24.7 Å². The molecule has 0 fully saturated rings. The normalized spacial score (nSPS) is 13.2. The molecule has 0 amide bonds. The molecule has 0 aliphatic carbocycles. The van der Waals surface area contributed by atoms with Gasteiger partial charge in [0.2, 0.25) is 5.95 Å². The van der Waals surface area contributed by atoms with E-state index in [4.69, 9.17) is 19.2 Å². The second-order valence-corrected chi connectivity index (χ2v) is 9.31. The number of benzene rings is 3. The van der Waals surface area contributed by atoms with E-state index in [1.54, 1.807) is 18.8 Å². The van der Waals surface area contributed by atoms with E-state index in [-0.39, 0.29) is 5.56 Å². The highest BCUT2D eigenvalue weighted by Crippen LogP contribution is 2.31. The highest BCUT2D eigenvalue weighted by molar-refractivity contribution is 5.59. The lowest BCUT2D eigenvalue weighted by Crippen LogP contribution is -2.48. The number of hydrogen-bond acceptors (Lipinski definition) is 7. The zero-order valence-electron chi connectivity index (χ0n) is 22.2. The molecule has 0 radical (unpaired) electrons. The fraction of sp³-hybridized carbons (Fsp3) is 0.267. The molecule has 1 aliphatic rings. The van der Waals surface area contributed by atoms with Gasteiger partial charge >= 0.3 is 0 Å². The SMILES string of the molecule is COc1ccc(CCN2CN(c3ccc(Oc4ccccc4)cc3)c3nc(C)c(C)c(=O)n3C2)cc1OC. The lowest BCUT2D eigenvalue weighted by Gasteiger charge is -2.38. The summed E-state index contributed by atoms with van der Waals surface area (Å²) in [5, 5.41) is 0. The van der Waals surface area contributed by atoms with Gasteiger partial charge in [-0.15, -0.1) is 0 Å². The zero-order valence-corrected chi connectivity index (χ0v) is 22.2. The van der Waals surface area contributed by atoms with Crippen molar-refractivity contribution in [3.8, 4) is 23.0 Å². The lowest BCUT2D eigenvalue weighted by atomic mass is 10.1. The van der Waals surface area contributed by atoms with Crippen LogP contribution in [0.1, 0.15) is 16.8 Å². The molecule has 8 nitrogen and oxygen atoms in total. The van der Waals surface area contributed by atoms with E-state index in [0.717, 1.165) is 41.4 Å². The van der Waals surface area contributed by atoms with Crippen molar-refractivity contribution in [1.82, 2.24) is 14.5 Å². The summed E-state index contributed by atoms with van der Waals surface area (Å²) in [6, 6.07) is 23.5. The van der Waals surface area contributed by atoms with E-state index in [2.05, 4.69) is 9.80 Å². The summed E-state index contributed by atoms with van der Waals surface area (Å²) < 4.78 is 18.6. The van der Waals surface area contributed by atoms with E-state index in [1.807, 2.05) is 86.6 Å². The number of nitrogens with zero attached hydrogens (tertiary/aromatic N) is 4. The van der Waals surface area contributed by atoms with Crippen LogP contribution in [-0.4, -0.2) is 41.9 Å². The van der Waals surface area contributed by atoms with Crippen LogP contribution in [0.25, 0.3) is 0 Å². The second-order valence-electron chi connectivity index (χ2n) is 9.31. The Hall–Kier alpha value is -4.30. The van der Waals surface area contributed by atoms with Crippen LogP contribution in [0.2, 0.25) is 0 Å². The first-order chi connectivity index (χ1) is 18.5. The molecule has 4 aromatic rings. The van der Waals surface area contributed by atoms with Crippen molar-refractivity contribution >= 4 is 11.6 Å². The minimum absolute atomic E-state index is 0.0163. The summed E-state index contributed by atoms with van der Waals surface area (Å²) in [6.07, 6.45) is 0.792. The molecule has 0 saturated carbocycles. The average molecular weight is 513 g/mol. The van der Waals surface area contributed by atoms with Crippen molar-refractivity contribution < 1.29 is 14.2 Å². The Morgan fingerprint density at radius 3 is 2.26 bits per heavy atom. The minimum Gasteiger partial charge on any atom is -0.493 e. The van der Waals surface area contributed by atoms with Crippen molar-refractivity contribution in [2.75, 3.05) is 32.3 Å².